The van der Waals surface area contributed by atoms with Crippen molar-refractivity contribution in [2.24, 2.45) is 0 Å². The number of rotatable bonds is 7. The number of hydrogen-bond acceptors (Lipinski definition) is 4. The topological polar surface area (TPSA) is 27.7 Å². The summed E-state index contributed by atoms with van der Waals surface area (Å²) in [4.78, 5) is 4.85. The largest absolute Gasteiger partial charge is 0.492 e. The molecule has 0 aromatic heterocycles. The Balaban J connectivity index is 1.73. The van der Waals surface area contributed by atoms with E-state index in [9.17, 15) is 0 Å². The molecule has 1 aromatic carbocycles. The van der Waals surface area contributed by atoms with Crippen LogP contribution in [0, 0.1) is 0 Å². The Bertz CT molecular complexity index is 395. The minimum atomic E-state index is 0.435. The fraction of sp³-hybridized carbons (Fsp3) is 0.647. The molecule has 1 aromatic rings. The average Bonchev–Trinajstić information content (AvgIpc) is 2.52. The van der Waals surface area contributed by atoms with Crippen LogP contribution in [0.15, 0.2) is 24.3 Å². The van der Waals surface area contributed by atoms with Crippen LogP contribution in [0.1, 0.15) is 24.9 Å². The molecule has 1 N–H and O–H groups in total. The van der Waals surface area contributed by atoms with E-state index in [1.807, 2.05) is 7.05 Å². The average molecular weight is 291 g/mol. The first kappa shape index (κ1) is 16.3. The van der Waals surface area contributed by atoms with Crippen LogP contribution in [0.3, 0.4) is 0 Å². The third-order valence-electron chi connectivity index (χ3n) is 4.31. The van der Waals surface area contributed by atoms with Gasteiger partial charge in [-0.2, -0.15) is 0 Å². The number of likely N-dealkylation sites (N-methyl/N-ethyl adjacent to an activating group) is 1. The zero-order valence-corrected chi connectivity index (χ0v) is 13.6. The molecule has 1 atom stereocenters. The molecule has 1 fully saturated rings. The van der Waals surface area contributed by atoms with E-state index >= 15 is 0 Å². The summed E-state index contributed by atoms with van der Waals surface area (Å²) in [5.41, 5.74) is 1.33. The molecule has 0 aliphatic carbocycles. The maximum Gasteiger partial charge on any atom is 0.119 e. The molecule has 1 saturated heterocycles. The second-order valence-electron chi connectivity index (χ2n) is 5.81. The van der Waals surface area contributed by atoms with E-state index in [2.05, 4.69) is 53.4 Å². The monoisotopic (exact) mass is 291 g/mol. The normalized spacial score (nSPS) is 18.6. The molecule has 1 aliphatic rings. The minimum absolute atomic E-state index is 0.435. The van der Waals surface area contributed by atoms with E-state index in [0.717, 1.165) is 51.5 Å². The molecule has 4 heteroatoms. The van der Waals surface area contributed by atoms with Crippen molar-refractivity contribution in [2.75, 3.05) is 53.4 Å². The second kappa shape index (κ2) is 8.37. The maximum absolute atomic E-state index is 5.86. The van der Waals surface area contributed by atoms with Gasteiger partial charge < -0.3 is 15.0 Å². The van der Waals surface area contributed by atoms with E-state index in [1.54, 1.807) is 0 Å². The molecule has 1 unspecified atom stereocenters. The lowest BCUT2D eigenvalue weighted by atomic mass is 10.1. The summed E-state index contributed by atoms with van der Waals surface area (Å²) >= 11 is 0. The van der Waals surface area contributed by atoms with E-state index < -0.39 is 0 Å². The van der Waals surface area contributed by atoms with Crippen LogP contribution in [0.2, 0.25) is 0 Å². The van der Waals surface area contributed by atoms with Gasteiger partial charge in [0.1, 0.15) is 12.4 Å². The first-order valence-electron chi connectivity index (χ1n) is 8.04. The van der Waals surface area contributed by atoms with Gasteiger partial charge in [0.15, 0.2) is 0 Å². The first-order valence-corrected chi connectivity index (χ1v) is 8.04. The second-order valence-corrected chi connectivity index (χ2v) is 5.81. The van der Waals surface area contributed by atoms with Crippen LogP contribution in [-0.2, 0) is 0 Å². The Hall–Kier alpha value is -1.10. The molecule has 0 radical (unpaired) electrons. The van der Waals surface area contributed by atoms with Gasteiger partial charge >= 0.3 is 0 Å². The molecule has 4 nitrogen and oxygen atoms in total. The number of nitrogens with zero attached hydrogens (tertiary/aromatic N) is 2. The number of hydrogen-bond donors (Lipinski definition) is 1. The van der Waals surface area contributed by atoms with Gasteiger partial charge in [-0.3, -0.25) is 4.90 Å². The molecule has 21 heavy (non-hydrogen) atoms. The van der Waals surface area contributed by atoms with Crippen LogP contribution < -0.4 is 10.1 Å². The number of ether oxygens (including phenoxy) is 1. The Morgan fingerprint density at radius 2 is 1.81 bits per heavy atom. The highest BCUT2D eigenvalue weighted by molar-refractivity contribution is 5.29. The number of benzene rings is 1. The van der Waals surface area contributed by atoms with Gasteiger partial charge in [-0.1, -0.05) is 19.1 Å². The van der Waals surface area contributed by atoms with E-state index in [1.165, 1.54) is 5.56 Å². The van der Waals surface area contributed by atoms with Crippen molar-refractivity contribution in [3.8, 4) is 5.75 Å². The maximum atomic E-state index is 5.86. The summed E-state index contributed by atoms with van der Waals surface area (Å²) in [5, 5.41) is 3.33. The molecule has 1 aliphatic heterocycles. The lowest BCUT2D eigenvalue weighted by Gasteiger charge is -2.32. The van der Waals surface area contributed by atoms with Crippen LogP contribution in [0.4, 0.5) is 0 Å². The highest BCUT2D eigenvalue weighted by atomic mass is 16.5. The van der Waals surface area contributed by atoms with Crippen LogP contribution in [-0.4, -0.2) is 63.2 Å². The van der Waals surface area contributed by atoms with Gasteiger partial charge in [-0.05, 0) is 38.2 Å². The van der Waals surface area contributed by atoms with E-state index in [4.69, 9.17) is 4.74 Å². The van der Waals surface area contributed by atoms with E-state index in [0.29, 0.717) is 6.04 Å². The zero-order valence-electron chi connectivity index (χ0n) is 13.6. The van der Waals surface area contributed by atoms with Gasteiger partial charge in [0.2, 0.25) is 0 Å². The van der Waals surface area contributed by atoms with Crippen LogP contribution in [0.25, 0.3) is 0 Å². The van der Waals surface area contributed by atoms with Crippen molar-refractivity contribution in [1.82, 2.24) is 15.1 Å². The molecule has 0 saturated carbocycles. The third kappa shape index (κ3) is 4.99. The van der Waals surface area contributed by atoms with Crippen molar-refractivity contribution in [1.29, 1.82) is 0 Å². The summed E-state index contributed by atoms with van der Waals surface area (Å²) < 4.78 is 5.86. The Labute approximate surface area is 129 Å². The lowest BCUT2D eigenvalue weighted by Crippen LogP contribution is -2.45. The summed E-state index contributed by atoms with van der Waals surface area (Å²) in [7, 11) is 4.19. The molecule has 118 valence electrons. The quantitative estimate of drug-likeness (QED) is 0.831. The van der Waals surface area contributed by atoms with Crippen molar-refractivity contribution in [2.45, 2.75) is 19.4 Å². The molecule has 0 spiro atoms. The molecule has 1 heterocycles. The molecule has 0 bridgehead atoms. The van der Waals surface area contributed by atoms with Gasteiger partial charge in [-0.25, -0.2) is 0 Å². The lowest BCUT2D eigenvalue weighted by molar-refractivity contribution is 0.133. The smallest absolute Gasteiger partial charge is 0.119 e. The van der Waals surface area contributed by atoms with Crippen molar-refractivity contribution < 1.29 is 4.74 Å². The number of nitrogens with one attached hydrogen (secondary N) is 1. The highest BCUT2D eigenvalue weighted by Crippen LogP contribution is 2.19. The predicted molar refractivity (Wildman–Crippen MR) is 88.0 cm³/mol. The highest BCUT2D eigenvalue weighted by Gasteiger charge is 2.13. The van der Waals surface area contributed by atoms with Crippen molar-refractivity contribution in [3.05, 3.63) is 29.8 Å². The fourth-order valence-electron chi connectivity index (χ4n) is 2.77. The van der Waals surface area contributed by atoms with Crippen LogP contribution in [0.5, 0.6) is 5.75 Å². The molecule has 2 rings (SSSR count). The Morgan fingerprint density at radius 1 is 1.14 bits per heavy atom. The molecular weight excluding hydrogens is 262 g/mol. The summed E-state index contributed by atoms with van der Waals surface area (Å²) in [6, 6.07) is 8.93. The van der Waals surface area contributed by atoms with Crippen molar-refractivity contribution >= 4 is 0 Å². The third-order valence-corrected chi connectivity index (χ3v) is 4.31. The fourth-order valence-corrected chi connectivity index (χ4v) is 2.77. The standard InChI is InChI=1S/C17H29N3O/c1-4-17(18-2)15-5-7-16(8-6-15)21-14-13-20-11-9-19(3)10-12-20/h5-8,17-18H,4,9-14H2,1-3H3. The molecular formula is C17H29N3O. The van der Waals surface area contributed by atoms with Crippen molar-refractivity contribution in [3.63, 3.8) is 0 Å². The van der Waals surface area contributed by atoms with E-state index in [-0.39, 0.29) is 0 Å². The Kier molecular flexibility index (Phi) is 6.49. The minimum Gasteiger partial charge on any atom is -0.492 e. The van der Waals surface area contributed by atoms with Gasteiger partial charge in [-0.15, -0.1) is 0 Å². The molecule has 0 amide bonds. The predicted octanol–water partition coefficient (Wildman–Crippen LogP) is 1.98. The van der Waals surface area contributed by atoms with Gasteiger partial charge in [0.05, 0.1) is 0 Å². The summed E-state index contributed by atoms with van der Waals surface area (Å²) in [6.07, 6.45) is 1.10. The zero-order chi connectivity index (χ0) is 15.1. The van der Waals surface area contributed by atoms with Gasteiger partial charge in [0, 0.05) is 38.8 Å². The summed E-state index contributed by atoms with van der Waals surface area (Å²) in [5.74, 6) is 0.971. The SMILES string of the molecule is CCC(NC)c1ccc(OCCN2CCN(C)CC2)cc1. The number of piperazine rings is 1. The first-order chi connectivity index (χ1) is 10.2. The summed E-state index contributed by atoms with van der Waals surface area (Å²) in [6.45, 7) is 8.62. The van der Waals surface area contributed by atoms with Crippen LogP contribution >= 0.6 is 0 Å². The van der Waals surface area contributed by atoms with Gasteiger partial charge in [0.25, 0.3) is 0 Å². The Morgan fingerprint density at radius 3 is 2.38 bits per heavy atom.